The van der Waals surface area contributed by atoms with Crippen LogP contribution in [0.4, 0.5) is 0 Å². The Hall–Kier alpha value is -2.30. The number of aryl methyl sites for hydroxylation is 1. The predicted octanol–water partition coefficient (Wildman–Crippen LogP) is 1.80. The molecular formula is C17H22N2O3. The molecule has 1 aliphatic rings. The second kappa shape index (κ2) is 7.64. The van der Waals surface area contributed by atoms with E-state index in [-0.39, 0.29) is 17.9 Å². The van der Waals surface area contributed by atoms with Gasteiger partial charge in [0.25, 0.3) is 0 Å². The number of methoxy groups -OCH3 is 1. The molecular weight excluding hydrogens is 280 g/mol. The highest BCUT2D eigenvalue weighted by molar-refractivity contribution is 5.92. The van der Waals surface area contributed by atoms with Crippen LogP contribution in [-0.4, -0.2) is 31.5 Å². The number of benzene rings is 1. The number of carbonyl (C=O) groups excluding carboxylic acids is 2. The van der Waals surface area contributed by atoms with Crippen LogP contribution in [0.25, 0.3) is 6.08 Å². The lowest BCUT2D eigenvalue weighted by Crippen LogP contribution is -2.35. The number of hydrogen-bond acceptors (Lipinski definition) is 3. The molecule has 5 heteroatoms. The highest BCUT2D eigenvalue weighted by Gasteiger charge is 2.18. The third kappa shape index (κ3) is 4.62. The topological polar surface area (TPSA) is 67.4 Å². The number of amides is 2. The van der Waals surface area contributed by atoms with Crippen molar-refractivity contribution in [2.24, 2.45) is 0 Å². The second-order valence-corrected chi connectivity index (χ2v) is 5.46. The molecule has 1 unspecified atom stereocenters. The molecule has 0 saturated carbocycles. The highest BCUT2D eigenvalue weighted by Crippen LogP contribution is 2.19. The summed E-state index contributed by atoms with van der Waals surface area (Å²) in [4.78, 5) is 23.4. The van der Waals surface area contributed by atoms with Gasteiger partial charge in [0, 0.05) is 25.1 Å². The molecule has 2 amide bonds. The van der Waals surface area contributed by atoms with E-state index < -0.39 is 0 Å². The van der Waals surface area contributed by atoms with Gasteiger partial charge in [-0.25, -0.2) is 0 Å². The fraction of sp³-hybridized carbons (Fsp3) is 0.412. The fourth-order valence-electron chi connectivity index (χ4n) is 2.52. The van der Waals surface area contributed by atoms with Crippen LogP contribution in [0.5, 0.6) is 5.75 Å². The minimum absolute atomic E-state index is 0.00226. The third-order valence-electron chi connectivity index (χ3n) is 3.68. The van der Waals surface area contributed by atoms with E-state index in [1.807, 2.05) is 25.1 Å². The Labute approximate surface area is 130 Å². The van der Waals surface area contributed by atoms with Gasteiger partial charge in [-0.1, -0.05) is 6.07 Å². The van der Waals surface area contributed by atoms with Gasteiger partial charge in [0.2, 0.25) is 11.8 Å². The molecule has 5 nitrogen and oxygen atoms in total. The van der Waals surface area contributed by atoms with Gasteiger partial charge in [-0.05, 0) is 49.1 Å². The van der Waals surface area contributed by atoms with Crippen molar-refractivity contribution in [3.05, 3.63) is 35.4 Å². The minimum atomic E-state index is -0.173. The van der Waals surface area contributed by atoms with Gasteiger partial charge in [0.15, 0.2) is 0 Å². The summed E-state index contributed by atoms with van der Waals surface area (Å²) >= 11 is 0. The summed E-state index contributed by atoms with van der Waals surface area (Å²) in [6, 6.07) is 5.65. The number of ether oxygens (including phenoxy) is 1. The van der Waals surface area contributed by atoms with Gasteiger partial charge in [-0.3, -0.25) is 9.59 Å². The van der Waals surface area contributed by atoms with Crippen LogP contribution in [0.1, 0.15) is 30.4 Å². The maximum Gasteiger partial charge on any atom is 0.244 e. The predicted molar refractivity (Wildman–Crippen MR) is 85.6 cm³/mol. The van der Waals surface area contributed by atoms with Gasteiger partial charge in [-0.15, -0.1) is 0 Å². The molecule has 1 aromatic rings. The Kier molecular flexibility index (Phi) is 5.58. The molecule has 1 heterocycles. The molecule has 0 aromatic heterocycles. The summed E-state index contributed by atoms with van der Waals surface area (Å²) in [6.07, 6.45) is 5.32. The van der Waals surface area contributed by atoms with E-state index in [2.05, 4.69) is 10.6 Å². The van der Waals surface area contributed by atoms with Crippen molar-refractivity contribution in [1.82, 2.24) is 10.6 Å². The standard InChI is InChI=1S/C17H22N2O3/c1-12-10-13(5-7-15(12)22-2)6-8-16(20)19-14-4-3-9-18-17(21)11-14/h5-8,10,14H,3-4,9,11H2,1-2H3,(H,18,21)(H,19,20). The van der Waals surface area contributed by atoms with Gasteiger partial charge >= 0.3 is 0 Å². The summed E-state index contributed by atoms with van der Waals surface area (Å²) in [5.41, 5.74) is 1.96. The average Bonchev–Trinajstić information content (AvgIpc) is 2.69. The Morgan fingerprint density at radius 2 is 2.27 bits per heavy atom. The molecule has 1 fully saturated rings. The Morgan fingerprint density at radius 1 is 1.45 bits per heavy atom. The van der Waals surface area contributed by atoms with E-state index in [1.54, 1.807) is 13.2 Å². The van der Waals surface area contributed by atoms with Crippen LogP contribution in [0, 0.1) is 6.92 Å². The normalized spacial score (nSPS) is 18.6. The van der Waals surface area contributed by atoms with E-state index >= 15 is 0 Å². The molecule has 1 saturated heterocycles. The second-order valence-electron chi connectivity index (χ2n) is 5.46. The van der Waals surface area contributed by atoms with E-state index in [0.717, 1.165) is 29.7 Å². The fourth-order valence-corrected chi connectivity index (χ4v) is 2.52. The number of hydrogen-bond donors (Lipinski definition) is 2. The zero-order valence-electron chi connectivity index (χ0n) is 13.0. The molecule has 0 bridgehead atoms. The smallest absolute Gasteiger partial charge is 0.244 e. The average molecular weight is 302 g/mol. The molecule has 1 aliphatic heterocycles. The molecule has 2 N–H and O–H groups in total. The lowest BCUT2D eigenvalue weighted by Gasteiger charge is -2.13. The molecule has 2 rings (SSSR count). The van der Waals surface area contributed by atoms with Crippen LogP contribution in [0.3, 0.4) is 0 Å². The molecule has 22 heavy (non-hydrogen) atoms. The van der Waals surface area contributed by atoms with Gasteiger partial charge in [0.05, 0.1) is 7.11 Å². The van der Waals surface area contributed by atoms with Gasteiger partial charge in [-0.2, -0.15) is 0 Å². The maximum atomic E-state index is 12.0. The molecule has 0 radical (unpaired) electrons. The zero-order valence-corrected chi connectivity index (χ0v) is 13.0. The first kappa shape index (κ1) is 16.1. The van der Waals surface area contributed by atoms with Crippen molar-refractivity contribution < 1.29 is 14.3 Å². The van der Waals surface area contributed by atoms with Crippen molar-refractivity contribution in [2.45, 2.75) is 32.2 Å². The van der Waals surface area contributed by atoms with Crippen LogP contribution in [0.2, 0.25) is 0 Å². The van der Waals surface area contributed by atoms with Crippen molar-refractivity contribution in [2.75, 3.05) is 13.7 Å². The van der Waals surface area contributed by atoms with Crippen molar-refractivity contribution in [1.29, 1.82) is 0 Å². The van der Waals surface area contributed by atoms with Crippen LogP contribution >= 0.6 is 0 Å². The molecule has 118 valence electrons. The summed E-state index contributed by atoms with van der Waals surface area (Å²) in [6.45, 7) is 2.65. The largest absolute Gasteiger partial charge is 0.496 e. The Bertz CT molecular complexity index is 581. The van der Waals surface area contributed by atoms with Crippen LogP contribution in [0.15, 0.2) is 24.3 Å². The first-order valence-corrected chi connectivity index (χ1v) is 7.48. The first-order chi connectivity index (χ1) is 10.6. The summed E-state index contributed by atoms with van der Waals surface area (Å²) in [5.74, 6) is 0.650. The molecule has 1 atom stereocenters. The zero-order chi connectivity index (χ0) is 15.9. The number of carbonyl (C=O) groups is 2. The summed E-state index contributed by atoms with van der Waals surface area (Å²) in [7, 11) is 1.63. The van der Waals surface area contributed by atoms with E-state index in [9.17, 15) is 9.59 Å². The number of nitrogens with one attached hydrogen (secondary N) is 2. The minimum Gasteiger partial charge on any atom is -0.496 e. The highest BCUT2D eigenvalue weighted by atomic mass is 16.5. The van der Waals surface area contributed by atoms with E-state index in [0.29, 0.717) is 13.0 Å². The van der Waals surface area contributed by atoms with Gasteiger partial charge < -0.3 is 15.4 Å². The van der Waals surface area contributed by atoms with E-state index in [4.69, 9.17) is 4.74 Å². The maximum absolute atomic E-state index is 12.0. The molecule has 0 spiro atoms. The van der Waals surface area contributed by atoms with Crippen molar-refractivity contribution in [3.8, 4) is 5.75 Å². The lowest BCUT2D eigenvalue weighted by molar-refractivity contribution is -0.121. The third-order valence-corrected chi connectivity index (χ3v) is 3.68. The van der Waals surface area contributed by atoms with E-state index in [1.165, 1.54) is 6.08 Å². The number of rotatable bonds is 4. The van der Waals surface area contributed by atoms with Gasteiger partial charge in [0.1, 0.15) is 5.75 Å². The monoisotopic (exact) mass is 302 g/mol. The quantitative estimate of drug-likeness (QED) is 0.833. The Balaban J connectivity index is 1.93. The summed E-state index contributed by atoms with van der Waals surface area (Å²) in [5, 5.41) is 5.69. The first-order valence-electron chi connectivity index (χ1n) is 7.48. The lowest BCUT2D eigenvalue weighted by atomic mass is 10.1. The SMILES string of the molecule is COc1ccc(C=CC(=O)NC2CCCNC(=O)C2)cc1C. The Morgan fingerprint density at radius 3 is 3.00 bits per heavy atom. The van der Waals surface area contributed by atoms with Crippen LogP contribution < -0.4 is 15.4 Å². The van der Waals surface area contributed by atoms with Crippen LogP contribution in [-0.2, 0) is 9.59 Å². The molecule has 1 aromatic carbocycles. The van der Waals surface area contributed by atoms with Crippen molar-refractivity contribution in [3.63, 3.8) is 0 Å². The molecule has 0 aliphatic carbocycles. The van der Waals surface area contributed by atoms with Crippen molar-refractivity contribution >= 4 is 17.9 Å². The summed E-state index contributed by atoms with van der Waals surface area (Å²) < 4.78 is 5.21.